The van der Waals surface area contributed by atoms with Crippen molar-refractivity contribution in [2.75, 3.05) is 6.79 Å². The summed E-state index contributed by atoms with van der Waals surface area (Å²) in [6.45, 7) is 2.09. The molecule has 1 aromatic rings. The normalized spacial score (nSPS) is 24.1. The summed E-state index contributed by atoms with van der Waals surface area (Å²) in [5.41, 5.74) is 1.31. The lowest BCUT2D eigenvalue weighted by molar-refractivity contribution is -0.143. The SMILES string of the molecule is C[C@@H]1OC(=O)[C@@H](CCCCCCCCCc2ccc3c(c2)OCO3)[C@H]1O. The van der Waals surface area contributed by atoms with Crippen molar-refractivity contribution in [2.24, 2.45) is 5.92 Å². The number of unbranched alkanes of at least 4 members (excludes halogenated alkanes) is 6. The highest BCUT2D eigenvalue weighted by Crippen LogP contribution is 2.33. The zero-order valence-corrected chi connectivity index (χ0v) is 15.6. The van der Waals surface area contributed by atoms with Crippen LogP contribution in [0.2, 0.25) is 0 Å². The molecule has 1 fully saturated rings. The van der Waals surface area contributed by atoms with Crippen LogP contribution in [-0.2, 0) is 16.0 Å². The number of aryl methyl sites for hydroxylation is 1. The number of cyclic esters (lactones) is 1. The third-order valence-electron chi connectivity index (χ3n) is 5.42. The predicted octanol–water partition coefficient (Wildman–Crippen LogP) is 4.00. The van der Waals surface area contributed by atoms with Crippen LogP contribution in [0, 0.1) is 5.92 Å². The number of carbonyl (C=O) groups is 1. The van der Waals surface area contributed by atoms with Gasteiger partial charge in [0.1, 0.15) is 12.2 Å². The standard InChI is InChI=1S/C21H30O5/c1-15-20(22)17(21(23)26-15)10-8-6-4-2-3-5-7-9-16-11-12-18-19(13-16)25-14-24-18/h11-13,15,17,20,22H,2-10,14H2,1H3/t15-,17-,20-/m0/s1. The first-order valence-corrected chi connectivity index (χ1v) is 9.92. The van der Waals surface area contributed by atoms with Crippen molar-refractivity contribution in [3.8, 4) is 11.5 Å². The Hall–Kier alpha value is -1.75. The molecule has 0 aliphatic carbocycles. The van der Waals surface area contributed by atoms with E-state index in [1.165, 1.54) is 37.7 Å². The Morgan fingerprint density at radius 3 is 2.42 bits per heavy atom. The van der Waals surface area contributed by atoms with Gasteiger partial charge < -0.3 is 19.3 Å². The lowest BCUT2D eigenvalue weighted by Gasteiger charge is -2.11. The summed E-state index contributed by atoms with van der Waals surface area (Å²) in [5, 5.41) is 9.91. The summed E-state index contributed by atoms with van der Waals surface area (Å²) >= 11 is 0. The van der Waals surface area contributed by atoms with Crippen molar-refractivity contribution in [1.82, 2.24) is 0 Å². The maximum Gasteiger partial charge on any atom is 0.312 e. The predicted molar refractivity (Wildman–Crippen MR) is 98.3 cm³/mol. The highest BCUT2D eigenvalue weighted by atomic mass is 16.7. The number of carbonyl (C=O) groups excluding carboxylic acids is 1. The maximum atomic E-state index is 11.6. The van der Waals surface area contributed by atoms with E-state index in [0.717, 1.165) is 37.2 Å². The van der Waals surface area contributed by atoms with E-state index in [4.69, 9.17) is 14.2 Å². The first-order chi connectivity index (χ1) is 12.6. The molecule has 0 saturated carbocycles. The lowest BCUT2D eigenvalue weighted by Crippen LogP contribution is -2.24. The number of aliphatic hydroxyl groups is 1. The van der Waals surface area contributed by atoms with Gasteiger partial charge in [0.2, 0.25) is 6.79 Å². The van der Waals surface area contributed by atoms with Gasteiger partial charge in [0.15, 0.2) is 11.5 Å². The van der Waals surface area contributed by atoms with Gasteiger partial charge in [-0.05, 0) is 43.9 Å². The molecule has 5 nitrogen and oxygen atoms in total. The van der Waals surface area contributed by atoms with E-state index in [-0.39, 0.29) is 18.0 Å². The molecule has 0 aromatic heterocycles. The minimum atomic E-state index is -0.626. The number of esters is 1. The molecular formula is C21H30O5. The molecule has 1 aromatic carbocycles. The van der Waals surface area contributed by atoms with Crippen LogP contribution in [-0.4, -0.2) is 30.1 Å². The fourth-order valence-electron chi connectivity index (χ4n) is 3.77. The van der Waals surface area contributed by atoms with Gasteiger partial charge in [-0.3, -0.25) is 4.79 Å². The molecule has 144 valence electrons. The maximum absolute atomic E-state index is 11.6. The summed E-state index contributed by atoms with van der Waals surface area (Å²) in [4.78, 5) is 11.6. The van der Waals surface area contributed by atoms with Crippen molar-refractivity contribution in [3.63, 3.8) is 0 Å². The van der Waals surface area contributed by atoms with Crippen LogP contribution >= 0.6 is 0 Å². The molecule has 0 spiro atoms. The summed E-state index contributed by atoms with van der Waals surface area (Å²) in [5.74, 6) is 1.18. The van der Waals surface area contributed by atoms with Crippen LogP contribution < -0.4 is 9.47 Å². The topological polar surface area (TPSA) is 65.0 Å². The number of hydrogen-bond donors (Lipinski definition) is 1. The van der Waals surface area contributed by atoms with E-state index in [9.17, 15) is 9.90 Å². The molecule has 2 heterocycles. The number of hydrogen-bond acceptors (Lipinski definition) is 5. The third kappa shape index (κ3) is 4.91. The second-order valence-electron chi connectivity index (χ2n) is 7.44. The Balaban J connectivity index is 1.19. The van der Waals surface area contributed by atoms with Crippen molar-refractivity contribution >= 4 is 5.97 Å². The Bertz CT molecular complexity index is 600. The fourth-order valence-corrected chi connectivity index (χ4v) is 3.77. The molecule has 0 unspecified atom stereocenters. The Morgan fingerprint density at radius 2 is 1.69 bits per heavy atom. The lowest BCUT2D eigenvalue weighted by atomic mass is 9.95. The van der Waals surface area contributed by atoms with Crippen LogP contribution in [0.15, 0.2) is 18.2 Å². The van der Waals surface area contributed by atoms with Crippen LogP contribution in [0.1, 0.15) is 63.9 Å². The quantitative estimate of drug-likeness (QED) is 0.503. The number of aliphatic hydroxyl groups excluding tert-OH is 1. The van der Waals surface area contributed by atoms with Gasteiger partial charge in [0, 0.05) is 0 Å². The molecule has 1 saturated heterocycles. The van der Waals surface area contributed by atoms with Crippen LogP contribution in [0.4, 0.5) is 0 Å². The van der Waals surface area contributed by atoms with Gasteiger partial charge >= 0.3 is 5.97 Å². The highest BCUT2D eigenvalue weighted by Gasteiger charge is 2.40. The van der Waals surface area contributed by atoms with E-state index in [2.05, 4.69) is 12.1 Å². The van der Waals surface area contributed by atoms with E-state index in [1.807, 2.05) is 6.07 Å². The van der Waals surface area contributed by atoms with Gasteiger partial charge in [-0.25, -0.2) is 0 Å². The summed E-state index contributed by atoms with van der Waals surface area (Å²) < 4.78 is 15.8. The second-order valence-corrected chi connectivity index (χ2v) is 7.44. The summed E-state index contributed by atoms with van der Waals surface area (Å²) in [6, 6.07) is 6.21. The first-order valence-electron chi connectivity index (χ1n) is 9.92. The average Bonchev–Trinajstić information content (AvgIpc) is 3.19. The Morgan fingerprint density at radius 1 is 1.00 bits per heavy atom. The zero-order chi connectivity index (χ0) is 18.4. The molecule has 3 rings (SSSR count). The summed E-state index contributed by atoms with van der Waals surface area (Å²) in [6.07, 6.45) is 9.05. The molecule has 2 aliphatic rings. The monoisotopic (exact) mass is 362 g/mol. The fraction of sp³-hybridized carbons (Fsp3) is 0.667. The van der Waals surface area contributed by atoms with Crippen molar-refractivity contribution in [3.05, 3.63) is 23.8 Å². The van der Waals surface area contributed by atoms with Gasteiger partial charge in [0.25, 0.3) is 0 Å². The number of ether oxygens (including phenoxy) is 3. The Kier molecular flexibility index (Phi) is 6.78. The molecule has 0 bridgehead atoms. The summed E-state index contributed by atoms with van der Waals surface area (Å²) in [7, 11) is 0. The van der Waals surface area contributed by atoms with E-state index in [0.29, 0.717) is 6.79 Å². The van der Waals surface area contributed by atoms with Gasteiger partial charge in [-0.2, -0.15) is 0 Å². The van der Waals surface area contributed by atoms with Crippen LogP contribution in [0.25, 0.3) is 0 Å². The van der Waals surface area contributed by atoms with Crippen molar-refractivity contribution < 1.29 is 24.1 Å². The zero-order valence-electron chi connectivity index (χ0n) is 15.6. The minimum Gasteiger partial charge on any atom is -0.460 e. The molecular weight excluding hydrogens is 332 g/mol. The molecule has 3 atom stereocenters. The van der Waals surface area contributed by atoms with Crippen molar-refractivity contribution in [2.45, 2.75) is 76.9 Å². The molecule has 0 radical (unpaired) electrons. The van der Waals surface area contributed by atoms with Gasteiger partial charge in [0.05, 0.1) is 5.92 Å². The van der Waals surface area contributed by atoms with Crippen LogP contribution in [0.5, 0.6) is 11.5 Å². The smallest absolute Gasteiger partial charge is 0.312 e. The van der Waals surface area contributed by atoms with Crippen molar-refractivity contribution in [1.29, 1.82) is 0 Å². The average molecular weight is 362 g/mol. The Labute approximate surface area is 155 Å². The molecule has 2 aliphatic heterocycles. The van der Waals surface area contributed by atoms with E-state index >= 15 is 0 Å². The van der Waals surface area contributed by atoms with Gasteiger partial charge in [-0.1, -0.05) is 44.6 Å². The highest BCUT2D eigenvalue weighted by molar-refractivity contribution is 5.75. The molecule has 1 N–H and O–H groups in total. The second kappa shape index (κ2) is 9.26. The number of benzene rings is 1. The molecule has 26 heavy (non-hydrogen) atoms. The van der Waals surface area contributed by atoms with E-state index in [1.54, 1.807) is 6.92 Å². The molecule has 5 heteroatoms. The molecule has 0 amide bonds. The minimum absolute atomic E-state index is 0.228. The third-order valence-corrected chi connectivity index (χ3v) is 5.42. The van der Waals surface area contributed by atoms with Gasteiger partial charge in [-0.15, -0.1) is 0 Å². The number of fused-ring (bicyclic) bond motifs is 1. The first kappa shape index (κ1) is 19.0. The van der Waals surface area contributed by atoms with E-state index < -0.39 is 6.10 Å². The largest absolute Gasteiger partial charge is 0.460 e. The van der Waals surface area contributed by atoms with Crippen LogP contribution in [0.3, 0.4) is 0 Å². The number of rotatable bonds is 10.